The second-order valence-corrected chi connectivity index (χ2v) is 10.4. The van der Waals surface area contributed by atoms with Crippen LogP contribution in [0.15, 0.2) is 30.3 Å². The summed E-state index contributed by atoms with van der Waals surface area (Å²) in [7, 11) is 0. The van der Waals surface area contributed by atoms with E-state index in [0.29, 0.717) is 24.7 Å². The average Bonchev–Trinajstić information content (AvgIpc) is 3.06. The number of hydrogen-bond acceptors (Lipinski definition) is 3. The molecule has 2 atom stereocenters. The Kier molecular flexibility index (Phi) is 5.33. The fourth-order valence-corrected chi connectivity index (χ4v) is 5.69. The number of carbonyl (C=O) groups is 1. The number of nitrogens with zero attached hydrogens (tertiary/aromatic N) is 2. The molecule has 5 rings (SSSR count). The van der Waals surface area contributed by atoms with E-state index in [9.17, 15) is 22.4 Å². The molecule has 0 N–H and O–H groups in total. The van der Waals surface area contributed by atoms with Crippen molar-refractivity contribution in [3.63, 3.8) is 0 Å². The maximum Gasteiger partial charge on any atom is 0.417 e. The van der Waals surface area contributed by atoms with Crippen molar-refractivity contribution in [3.8, 4) is 11.1 Å². The van der Waals surface area contributed by atoms with Gasteiger partial charge in [-0.15, -0.1) is 0 Å². The molecular weight excluding hydrogens is 448 g/mol. The lowest BCUT2D eigenvalue weighted by atomic mass is 9.86. The lowest BCUT2D eigenvalue weighted by Crippen LogP contribution is -2.49. The SMILES string of the molecule is CC(C)(C)OC(=O)N1CC[C@H]2[C@@H](C1)c1cc(-c3ccc(F)cc3C(F)(F)F)cc3c1N2CCC3. The first-order chi connectivity index (χ1) is 15.9. The molecular formula is C26H28F4N2O2. The maximum atomic E-state index is 13.8. The maximum absolute atomic E-state index is 13.8. The van der Waals surface area contributed by atoms with E-state index in [2.05, 4.69) is 4.90 Å². The molecule has 3 aliphatic rings. The van der Waals surface area contributed by atoms with E-state index >= 15 is 0 Å². The van der Waals surface area contributed by atoms with Gasteiger partial charge in [0, 0.05) is 37.3 Å². The quantitative estimate of drug-likeness (QED) is 0.449. The van der Waals surface area contributed by atoms with Crippen molar-refractivity contribution in [1.82, 2.24) is 4.90 Å². The second-order valence-electron chi connectivity index (χ2n) is 10.4. The highest BCUT2D eigenvalue weighted by molar-refractivity contribution is 5.78. The molecule has 2 aromatic carbocycles. The highest BCUT2D eigenvalue weighted by atomic mass is 19.4. The van der Waals surface area contributed by atoms with E-state index in [1.54, 1.807) is 4.90 Å². The lowest BCUT2D eigenvalue weighted by molar-refractivity contribution is -0.137. The average molecular weight is 477 g/mol. The van der Waals surface area contributed by atoms with E-state index in [0.717, 1.165) is 48.7 Å². The first-order valence-electron chi connectivity index (χ1n) is 11.7. The zero-order chi connectivity index (χ0) is 24.4. The summed E-state index contributed by atoms with van der Waals surface area (Å²) in [6.45, 7) is 7.42. The summed E-state index contributed by atoms with van der Waals surface area (Å²) < 4.78 is 60.6. The van der Waals surface area contributed by atoms with E-state index < -0.39 is 23.2 Å². The summed E-state index contributed by atoms with van der Waals surface area (Å²) in [5.74, 6) is -0.923. The summed E-state index contributed by atoms with van der Waals surface area (Å²) in [6.07, 6.45) is -2.55. The van der Waals surface area contributed by atoms with Gasteiger partial charge in [-0.3, -0.25) is 0 Å². The Balaban J connectivity index is 1.56. The van der Waals surface area contributed by atoms with Crippen LogP contribution in [0.4, 0.5) is 28.0 Å². The van der Waals surface area contributed by atoms with E-state index in [4.69, 9.17) is 4.74 Å². The summed E-state index contributed by atoms with van der Waals surface area (Å²) in [5.41, 5.74) is 1.95. The van der Waals surface area contributed by atoms with E-state index in [1.165, 1.54) is 6.07 Å². The number of hydrogen-bond donors (Lipinski definition) is 0. The van der Waals surface area contributed by atoms with Crippen LogP contribution in [0.5, 0.6) is 0 Å². The molecule has 0 aromatic heterocycles. The standard InChI is InChI=1S/C26H28F4N2O2/c1-25(2,3)34-24(33)31-10-8-22-20(14-31)19-12-16(11-15-5-4-9-32(22)23(15)19)18-7-6-17(27)13-21(18)26(28,29)30/h6-7,11-13,20,22H,4-5,8-10,14H2,1-3H3/t20-,22-/m0/s1. The first kappa shape index (κ1) is 23.0. The van der Waals surface area contributed by atoms with Crippen LogP contribution < -0.4 is 4.90 Å². The van der Waals surface area contributed by atoms with Gasteiger partial charge in [-0.2, -0.15) is 13.2 Å². The molecule has 1 fully saturated rings. The number of anilines is 1. The summed E-state index contributed by atoms with van der Waals surface area (Å²) in [5, 5.41) is 0. The molecule has 34 heavy (non-hydrogen) atoms. The topological polar surface area (TPSA) is 32.8 Å². The lowest BCUT2D eigenvalue weighted by Gasteiger charge is -2.40. The molecule has 8 heteroatoms. The molecule has 0 bridgehead atoms. The van der Waals surface area contributed by atoms with Crippen LogP contribution in [-0.4, -0.2) is 42.3 Å². The van der Waals surface area contributed by atoms with Gasteiger partial charge in [-0.1, -0.05) is 6.07 Å². The Hall–Kier alpha value is -2.77. The molecule has 4 nitrogen and oxygen atoms in total. The number of likely N-dealkylation sites (tertiary alicyclic amines) is 1. The third-order valence-corrected chi connectivity index (χ3v) is 6.98. The number of amides is 1. The third-order valence-electron chi connectivity index (χ3n) is 6.98. The molecule has 3 heterocycles. The molecule has 0 saturated carbocycles. The van der Waals surface area contributed by atoms with Gasteiger partial charge in [-0.25, -0.2) is 9.18 Å². The number of aryl methyl sites for hydroxylation is 1. The molecule has 0 unspecified atom stereocenters. The predicted octanol–water partition coefficient (Wildman–Crippen LogP) is 6.37. The van der Waals surface area contributed by atoms with Gasteiger partial charge < -0.3 is 14.5 Å². The highest BCUT2D eigenvalue weighted by Gasteiger charge is 2.46. The van der Waals surface area contributed by atoms with Crippen molar-refractivity contribution >= 4 is 11.8 Å². The van der Waals surface area contributed by atoms with Gasteiger partial charge in [0.25, 0.3) is 0 Å². The van der Waals surface area contributed by atoms with Crippen LogP contribution >= 0.6 is 0 Å². The Morgan fingerprint density at radius 1 is 1.09 bits per heavy atom. The van der Waals surface area contributed by atoms with Gasteiger partial charge >= 0.3 is 12.3 Å². The van der Waals surface area contributed by atoms with Gasteiger partial charge in [0.15, 0.2) is 0 Å². The number of benzene rings is 2. The van der Waals surface area contributed by atoms with Gasteiger partial charge in [0.2, 0.25) is 0 Å². The minimum absolute atomic E-state index is 0.0112. The van der Waals surface area contributed by atoms with Crippen LogP contribution in [0, 0.1) is 5.82 Å². The number of ether oxygens (including phenoxy) is 1. The van der Waals surface area contributed by atoms with Crippen LogP contribution in [0.1, 0.15) is 56.2 Å². The Bertz CT molecular complexity index is 1140. The second kappa shape index (κ2) is 7.89. The number of carbonyl (C=O) groups excluding carboxylic acids is 1. The van der Waals surface area contributed by atoms with Gasteiger partial charge in [0.05, 0.1) is 5.56 Å². The van der Waals surface area contributed by atoms with E-state index in [1.807, 2.05) is 32.9 Å². The van der Waals surface area contributed by atoms with Gasteiger partial charge in [0.1, 0.15) is 11.4 Å². The van der Waals surface area contributed by atoms with Crippen molar-refractivity contribution in [2.45, 2.75) is 63.8 Å². The number of halogens is 4. The number of rotatable bonds is 1. The normalized spacial score (nSPS) is 21.9. The van der Waals surface area contributed by atoms with Crippen molar-refractivity contribution in [2.24, 2.45) is 0 Å². The molecule has 2 aromatic rings. The number of fused-ring (bicyclic) bond motifs is 3. The van der Waals surface area contributed by atoms with Crippen LogP contribution in [-0.2, 0) is 17.3 Å². The van der Waals surface area contributed by atoms with Gasteiger partial charge in [-0.05, 0) is 86.6 Å². The van der Waals surface area contributed by atoms with Crippen molar-refractivity contribution < 1.29 is 27.1 Å². The first-order valence-corrected chi connectivity index (χ1v) is 11.7. The molecule has 1 amide bonds. The highest BCUT2D eigenvalue weighted by Crippen LogP contribution is 2.51. The predicted molar refractivity (Wildman–Crippen MR) is 121 cm³/mol. The Labute approximate surface area is 196 Å². The largest absolute Gasteiger partial charge is 0.444 e. The smallest absolute Gasteiger partial charge is 0.417 e. The van der Waals surface area contributed by atoms with Crippen molar-refractivity contribution in [2.75, 3.05) is 24.5 Å². The Morgan fingerprint density at radius 3 is 2.56 bits per heavy atom. The summed E-state index contributed by atoms with van der Waals surface area (Å²) in [4.78, 5) is 16.8. The van der Waals surface area contributed by atoms with Crippen LogP contribution in [0.2, 0.25) is 0 Å². The summed E-state index contributed by atoms with van der Waals surface area (Å²) >= 11 is 0. The zero-order valence-electron chi connectivity index (χ0n) is 19.5. The monoisotopic (exact) mass is 476 g/mol. The molecule has 3 aliphatic heterocycles. The Morgan fingerprint density at radius 2 is 1.85 bits per heavy atom. The van der Waals surface area contributed by atoms with Crippen molar-refractivity contribution in [3.05, 3.63) is 52.8 Å². The molecule has 1 saturated heterocycles. The minimum Gasteiger partial charge on any atom is -0.444 e. The minimum atomic E-state index is -4.67. The number of piperidine rings is 1. The third kappa shape index (κ3) is 4.01. The summed E-state index contributed by atoms with van der Waals surface area (Å²) in [6, 6.07) is 6.71. The molecule has 0 spiro atoms. The van der Waals surface area contributed by atoms with E-state index in [-0.39, 0.29) is 23.6 Å². The zero-order valence-corrected chi connectivity index (χ0v) is 19.5. The number of alkyl halides is 3. The fraction of sp³-hybridized carbons (Fsp3) is 0.500. The van der Waals surface area contributed by atoms with Crippen molar-refractivity contribution in [1.29, 1.82) is 0 Å². The van der Waals surface area contributed by atoms with Crippen LogP contribution in [0.25, 0.3) is 11.1 Å². The van der Waals surface area contributed by atoms with Crippen LogP contribution in [0.3, 0.4) is 0 Å². The fourth-order valence-electron chi connectivity index (χ4n) is 5.69. The molecule has 0 radical (unpaired) electrons. The molecule has 182 valence electrons. The molecule has 0 aliphatic carbocycles.